The fourth-order valence-corrected chi connectivity index (χ4v) is 3.38. The Morgan fingerprint density at radius 3 is 2.59 bits per heavy atom. The molecule has 0 radical (unpaired) electrons. The molecule has 1 N–H and O–H groups in total. The summed E-state index contributed by atoms with van der Waals surface area (Å²) in [6, 6.07) is 8.87. The molecule has 0 saturated carbocycles. The molecule has 7 nitrogen and oxygen atoms in total. The summed E-state index contributed by atoms with van der Waals surface area (Å²) in [6.45, 7) is -1.13. The third kappa shape index (κ3) is 5.23. The summed E-state index contributed by atoms with van der Waals surface area (Å²) in [6.07, 6.45) is 1.49. The van der Waals surface area contributed by atoms with Crippen molar-refractivity contribution < 1.29 is 32.3 Å². The first kappa shape index (κ1) is 20.6. The van der Waals surface area contributed by atoms with Crippen molar-refractivity contribution in [2.75, 3.05) is 13.1 Å². The number of nitrogens with zero attached hydrogens (tertiary/aromatic N) is 1. The Morgan fingerprint density at radius 1 is 1.24 bits per heavy atom. The maximum Gasteiger partial charge on any atom is 0.387 e. The minimum Gasteiger partial charge on any atom is -0.456 e. The molecule has 3 rings (SSSR count). The number of aryl methyl sites for hydroxylation is 1. The van der Waals surface area contributed by atoms with Crippen LogP contribution in [-0.4, -0.2) is 41.7 Å². The molecule has 1 aromatic heterocycles. The van der Waals surface area contributed by atoms with Gasteiger partial charge in [0.25, 0.3) is 17.1 Å². The van der Waals surface area contributed by atoms with Crippen molar-refractivity contribution in [3.8, 4) is 5.75 Å². The van der Waals surface area contributed by atoms with Crippen molar-refractivity contribution in [2.24, 2.45) is 0 Å². The lowest BCUT2D eigenvalue weighted by molar-refractivity contribution is -0.122. The topological polar surface area (TPSA) is 88.9 Å². The summed E-state index contributed by atoms with van der Waals surface area (Å²) in [5, 5.41) is 2.13. The fourth-order valence-electron chi connectivity index (χ4n) is 2.51. The van der Waals surface area contributed by atoms with Gasteiger partial charge in [-0.15, -0.1) is 0 Å². The number of amides is 3. The fraction of sp³-hybridized carbons (Fsp3) is 0.211. The molecule has 29 heavy (non-hydrogen) atoms. The van der Waals surface area contributed by atoms with Crippen LogP contribution in [0.1, 0.15) is 21.9 Å². The number of furan rings is 1. The Bertz CT molecular complexity index is 956. The maximum atomic E-state index is 12.4. The number of carbonyl (C=O) groups is 3. The molecule has 2 heterocycles. The van der Waals surface area contributed by atoms with Crippen molar-refractivity contribution in [1.29, 1.82) is 0 Å². The monoisotopic (exact) mass is 422 g/mol. The van der Waals surface area contributed by atoms with Gasteiger partial charge in [0.2, 0.25) is 0 Å². The van der Waals surface area contributed by atoms with Crippen LogP contribution >= 0.6 is 11.8 Å². The first-order valence-corrected chi connectivity index (χ1v) is 9.30. The minimum absolute atomic E-state index is 0.00672. The van der Waals surface area contributed by atoms with E-state index < -0.39 is 23.7 Å². The second-order valence-corrected chi connectivity index (χ2v) is 6.94. The molecular weight excluding hydrogens is 406 g/mol. The van der Waals surface area contributed by atoms with E-state index in [1.807, 2.05) is 0 Å². The van der Waals surface area contributed by atoms with E-state index in [0.717, 1.165) is 16.7 Å². The van der Waals surface area contributed by atoms with Crippen LogP contribution in [0.25, 0.3) is 6.08 Å². The highest BCUT2D eigenvalue weighted by atomic mass is 32.2. The average molecular weight is 422 g/mol. The molecule has 1 aliphatic heterocycles. The van der Waals surface area contributed by atoms with Crippen LogP contribution in [-0.2, 0) is 4.79 Å². The number of imide groups is 1. The molecule has 0 aliphatic carbocycles. The molecular formula is C19H16F2N2O5S. The summed E-state index contributed by atoms with van der Waals surface area (Å²) in [5.74, 6) is -0.189. The Labute approximate surface area is 168 Å². The lowest BCUT2D eigenvalue weighted by Gasteiger charge is -2.12. The Morgan fingerprint density at radius 2 is 1.97 bits per heavy atom. The van der Waals surface area contributed by atoms with E-state index in [1.165, 1.54) is 36.4 Å². The van der Waals surface area contributed by atoms with Crippen molar-refractivity contribution in [3.05, 3.63) is 58.4 Å². The van der Waals surface area contributed by atoms with E-state index in [1.54, 1.807) is 13.0 Å². The minimum atomic E-state index is -2.92. The molecule has 152 valence electrons. The van der Waals surface area contributed by atoms with Gasteiger partial charge in [-0.05, 0) is 54.6 Å². The van der Waals surface area contributed by atoms with Crippen molar-refractivity contribution >= 4 is 34.9 Å². The van der Waals surface area contributed by atoms with Gasteiger partial charge in [0.1, 0.15) is 11.5 Å². The molecule has 0 bridgehead atoms. The van der Waals surface area contributed by atoms with Crippen molar-refractivity contribution in [2.45, 2.75) is 13.5 Å². The quantitative estimate of drug-likeness (QED) is 0.685. The average Bonchev–Trinajstić information content (AvgIpc) is 3.21. The number of thioether (sulfide) groups is 1. The van der Waals surface area contributed by atoms with Crippen LogP contribution in [0.5, 0.6) is 5.75 Å². The van der Waals surface area contributed by atoms with Gasteiger partial charge in [-0.2, -0.15) is 8.78 Å². The lowest BCUT2D eigenvalue weighted by Crippen LogP contribution is -2.37. The lowest BCUT2D eigenvalue weighted by atomic mass is 10.2. The van der Waals surface area contributed by atoms with Gasteiger partial charge in [0, 0.05) is 13.1 Å². The Kier molecular flexibility index (Phi) is 6.32. The summed E-state index contributed by atoms with van der Waals surface area (Å²) in [5.41, 5.74) is 0.554. The van der Waals surface area contributed by atoms with E-state index in [2.05, 4.69) is 10.1 Å². The van der Waals surface area contributed by atoms with Crippen LogP contribution < -0.4 is 10.1 Å². The molecule has 2 aromatic rings. The number of hydrogen-bond donors (Lipinski definition) is 1. The number of halogens is 2. The predicted molar refractivity (Wildman–Crippen MR) is 102 cm³/mol. The van der Waals surface area contributed by atoms with Gasteiger partial charge in [0.05, 0.1) is 4.91 Å². The molecule has 0 spiro atoms. The third-order valence-corrected chi connectivity index (χ3v) is 4.77. The molecule has 0 unspecified atom stereocenters. The van der Waals surface area contributed by atoms with Crippen LogP contribution in [0, 0.1) is 6.92 Å². The number of carbonyl (C=O) groups excluding carboxylic acids is 3. The van der Waals surface area contributed by atoms with Gasteiger partial charge in [-0.1, -0.05) is 12.1 Å². The van der Waals surface area contributed by atoms with Gasteiger partial charge in [-0.3, -0.25) is 19.3 Å². The summed E-state index contributed by atoms with van der Waals surface area (Å²) in [4.78, 5) is 37.7. The number of nitrogens with one attached hydrogen (secondary N) is 1. The summed E-state index contributed by atoms with van der Waals surface area (Å²) in [7, 11) is 0. The smallest absolute Gasteiger partial charge is 0.387 e. The van der Waals surface area contributed by atoms with Gasteiger partial charge in [0.15, 0.2) is 5.76 Å². The van der Waals surface area contributed by atoms with Crippen LogP contribution in [0.3, 0.4) is 0 Å². The molecule has 1 aliphatic rings. The number of alkyl halides is 2. The predicted octanol–water partition coefficient (Wildman–Crippen LogP) is 3.66. The highest BCUT2D eigenvalue weighted by Crippen LogP contribution is 2.32. The molecule has 3 amide bonds. The van der Waals surface area contributed by atoms with E-state index >= 15 is 0 Å². The third-order valence-electron chi connectivity index (χ3n) is 3.86. The second kappa shape index (κ2) is 8.91. The summed E-state index contributed by atoms with van der Waals surface area (Å²) < 4.78 is 33.8. The van der Waals surface area contributed by atoms with Gasteiger partial charge >= 0.3 is 6.61 Å². The van der Waals surface area contributed by atoms with E-state index in [9.17, 15) is 23.2 Å². The number of ether oxygens (including phenoxy) is 1. The standard InChI is InChI=1S/C19H16F2N2O5S/c1-11-2-7-14(27-11)16(24)22-8-9-23-17(25)15(29-19(23)26)10-12-3-5-13(6-4-12)28-18(20)21/h2-7,10,18H,8-9H2,1H3,(H,22,24)/b15-10-. The molecule has 1 fully saturated rings. The van der Waals surface area contributed by atoms with Crippen molar-refractivity contribution in [1.82, 2.24) is 10.2 Å². The number of rotatable bonds is 7. The maximum absolute atomic E-state index is 12.4. The first-order chi connectivity index (χ1) is 13.8. The zero-order valence-corrected chi connectivity index (χ0v) is 16.0. The van der Waals surface area contributed by atoms with Crippen LogP contribution in [0.15, 0.2) is 45.7 Å². The van der Waals surface area contributed by atoms with E-state index in [4.69, 9.17) is 4.42 Å². The van der Waals surface area contributed by atoms with Crippen molar-refractivity contribution in [3.63, 3.8) is 0 Å². The molecule has 1 saturated heterocycles. The Hall–Kier alpha value is -3.14. The highest BCUT2D eigenvalue weighted by molar-refractivity contribution is 8.18. The summed E-state index contributed by atoms with van der Waals surface area (Å²) >= 11 is 0.766. The second-order valence-electron chi connectivity index (χ2n) is 5.95. The molecule has 0 atom stereocenters. The molecule has 10 heteroatoms. The molecule has 1 aromatic carbocycles. The highest BCUT2D eigenvalue weighted by Gasteiger charge is 2.34. The van der Waals surface area contributed by atoms with E-state index in [0.29, 0.717) is 11.3 Å². The van der Waals surface area contributed by atoms with E-state index in [-0.39, 0.29) is 29.5 Å². The van der Waals surface area contributed by atoms with Gasteiger partial charge in [-0.25, -0.2) is 0 Å². The zero-order chi connectivity index (χ0) is 21.0. The zero-order valence-electron chi connectivity index (χ0n) is 15.2. The SMILES string of the molecule is Cc1ccc(C(=O)NCCN2C(=O)S/C(=C\c3ccc(OC(F)F)cc3)C2=O)o1. The largest absolute Gasteiger partial charge is 0.456 e. The van der Waals surface area contributed by atoms with Gasteiger partial charge < -0.3 is 14.5 Å². The normalized spacial score (nSPS) is 15.4. The Balaban J connectivity index is 1.57. The number of benzene rings is 1. The first-order valence-electron chi connectivity index (χ1n) is 8.48. The van der Waals surface area contributed by atoms with Crippen LogP contribution in [0.4, 0.5) is 13.6 Å². The number of hydrogen-bond acceptors (Lipinski definition) is 6. The van der Waals surface area contributed by atoms with Crippen LogP contribution in [0.2, 0.25) is 0 Å².